The smallest absolute Gasteiger partial charge is 0.253 e. The summed E-state index contributed by atoms with van der Waals surface area (Å²) in [6, 6.07) is 13.6. The fraction of sp³-hybridized carbons (Fsp3) is 0.222. The van der Waals surface area contributed by atoms with Crippen LogP contribution in [-0.4, -0.2) is 30.2 Å². The van der Waals surface area contributed by atoms with E-state index >= 15 is 0 Å². The maximum atomic E-state index is 12.1. The van der Waals surface area contributed by atoms with E-state index < -0.39 is 6.04 Å². The summed E-state index contributed by atoms with van der Waals surface area (Å²) in [4.78, 5) is 25.3. The number of thioether (sulfide) groups is 1. The van der Waals surface area contributed by atoms with Gasteiger partial charge in [-0.2, -0.15) is 0 Å². The largest absolute Gasteiger partial charge is 0.353 e. The second-order valence-corrected chi connectivity index (χ2v) is 7.28. The van der Waals surface area contributed by atoms with Gasteiger partial charge in [0.2, 0.25) is 5.91 Å². The number of rotatable bonds is 7. The summed E-state index contributed by atoms with van der Waals surface area (Å²) in [5.74, 6) is 0.111. The first-order valence-electron chi connectivity index (χ1n) is 7.69. The Morgan fingerprint density at radius 1 is 1.08 bits per heavy atom. The lowest BCUT2D eigenvalue weighted by Crippen LogP contribution is -2.45. The van der Waals surface area contributed by atoms with E-state index in [0.29, 0.717) is 22.2 Å². The Morgan fingerprint density at radius 3 is 2.44 bits per heavy atom. The molecule has 0 aliphatic heterocycles. The third kappa shape index (κ3) is 6.27. The Bertz CT molecular complexity index is 738. The van der Waals surface area contributed by atoms with Crippen LogP contribution in [0.3, 0.4) is 0 Å². The number of amides is 2. The maximum absolute atomic E-state index is 12.1. The Hall–Kier alpha value is -1.69. The number of nitrogens with one attached hydrogen (secondary N) is 2. The number of carbonyl (C=O) groups is 2. The highest BCUT2D eigenvalue weighted by atomic mass is 35.5. The molecule has 0 spiro atoms. The van der Waals surface area contributed by atoms with Gasteiger partial charge >= 0.3 is 0 Å². The molecule has 2 aromatic carbocycles. The van der Waals surface area contributed by atoms with Gasteiger partial charge in [0, 0.05) is 22.2 Å². The van der Waals surface area contributed by atoms with E-state index in [-0.39, 0.29) is 11.8 Å². The molecule has 0 saturated heterocycles. The van der Waals surface area contributed by atoms with E-state index in [0.717, 1.165) is 10.6 Å². The van der Waals surface area contributed by atoms with Crippen LogP contribution in [0.15, 0.2) is 53.4 Å². The average molecular weight is 397 g/mol. The molecule has 2 amide bonds. The molecular weight excluding hydrogens is 379 g/mol. The number of hydrogen-bond donors (Lipinski definition) is 2. The van der Waals surface area contributed by atoms with Gasteiger partial charge in [-0.1, -0.05) is 35.3 Å². The van der Waals surface area contributed by atoms with Crippen molar-refractivity contribution in [2.24, 2.45) is 0 Å². The topological polar surface area (TPSA) is 58.2 Å². The molecule has 7 heteroatoms. The van der Waals surface area contributed by atoms with E-state index in [2.05, 4.69) is 10.6 Å². The molecule has 0 aromatic heterocycles. The van der Waals surface area contributed by atoms with Gasteiger partial charge in [-0.05, 0) is 43.3 Å². The second-order valence-electron chi connectivity index (χ2n) is 5.27. The summed E-state index contributed by atoms with van der Waals surface area (Å²) < 4.78 is 0. The predicted octanol–water partition coefficient (Wildman–Crippen LogP) is 4.02. The summed E-state index contributed by atoms with van der Waals surface area (Å²) in [5, 5.41) is 6.50. The molecule has 2 aromatic rings. The fourth-order valence-electron chi connectivity index (χ4n) is 2.01. The van der Waals surface area contributed by atoms with Crippen LogP contribution in [0.25, 0.3) is 0 Å². The zero-order valence-corrected chi connectivity index (χ0v) is 15.9. The van der Waals surface area contributed by atoms with E-state index in [4.69, 9.17) is 23.2 Å². The Morgan fingerprint density at radius 2 is 1.76 bits per heavy atom. The first-order chi connectivity index (χ1) is 12.0. The molecule has 0 radical (unpaired) electrons. The molecule has 0 aliphatic rings. The van der Waals surface area contributed by atoms with Crippen LogP contribution in [0.1, 0.15) is 17.3 Å². The Labute approximate surface area is 161 Å². The van der Waals surface area contributed by atoms with Crippen molar-refractivity contribution in [1.82, 2.24) is 10.6 Å². The van der Waals surface area contributed by atoms with Gasteiger partial charge in [-0.25, -0.2) is 0 Å². The van der Waals surface area contributed by atoms with Crippen LogP contribution < -0.4 is 10.6 Å². The molecule has 0 saturated carbocycles. The minimum absolute atomic E-state index is 0.239. The van der Waals surface area contributed by atoms with Gasteiger partial charge in [0.15, 0.2) is 0 Å². The number of benzene rings is 2. The second kappa shape index (κ2) is 9.70. The van der Waals surface area contributed by atoms with Crippen LogP contribution in [0.2, 0.25) is 10.0 Å². The normalized spacial score (nSPS) is 11.6. The van der Waals surface area contributed by atoms with E-state index in [1.165, 1.54) is 0 Å². The Kier molecular flexibility index (Phi) is 7.62. The van der Waals surface area contributed by atoms with Crippen LogP contribution in [0, 0.1) is 0 Å². The van der Waals surface area contributed by atoms with Crippen molar-refractivity contribution in [1.29, 1.82) is 0 Å². The van der Waals surface area contributed by atoms with Gasteiger partial charge in [0.1, 0.15) is 6.04 Å². The first kappa shape index (κ1) is 19.6. The molecule has 0 unspecified atom stereocenters. The van der Waals surface area contributed by atoms with Crippen molar-refractivity contribution in [2.75, 3.05) is 12.3 Å². The number of carbonyl (C=O) groups excluding carboxylic acids is 2. The van der Waals surface area contributed by atoms with E-state index in [1.807, 2.05) is 24.3 Å². The van der Waals surface area contributed by atoms with E-state index in [9.17, 15) is 9.59 Å². The first-order valence-corrected chi connectivity index (χ1v) is 9.43. The minimum Gasteiger partial charge on any atom is -0.353 e. The fourth-order valence-corrected chi connectivity index (χ4v) is 3.13. The molecule has 4 nitrogen and oxygen atoms in total. The molecule has 0 fully saturated rings. The Balaban J connectivity index is 1.74. The summed E-state index contributed by atoms with van der Waals surface area (Å²) >= 11 is 13.4. The SMILES string of the molecule is C[C@H](NC(=O)c1ccccc1Cl)C(=O)NCCSc1ccc(Cl)cc1. The molecule has 0 heterocycles. The van der Waals surface area contributed by atoms with E-state index in [1.54, 1.807) is 43.0 Å². The van der Waals surface area contributed by atoms with Crippen LogP contribution in [-0.2, 0) is 4.79 Å². The number of halogens is 2. The highest BCUT2D eigenvalue weighted by Gasteiger charge is 2.17. The van der Waals surface area contributed by atoms with Crippen molar-refractivity contribution in [2.45, 2.75) is 17.9 Å². The molecular formula is C18H18Cl2N2O2S. The van der Waals surface area contributed by atoms with Gasteiger partial charge < -0.3 is 10.6 Å². The van der Waals surface area contributed by atoms with Crippen LogP contribution >= 0.6 is 35.0 Å². The third-order valence-electron chi connectivity index (χ3n) is 3.34. The summed E-state index contributed by atoms with van der Waals surface area (Å²) in [5.41, 5.74) is 0.349. The minimum atomic E-state index is -0.649. The molecule has 2 rings (SSSR count). The summed E-state index contributed by atoms with van der Waals surface area (Å²) in [6.45, 7) is 2.13. The zero-order valence-electron chi connectivity index (χ0n) is 13.6. The molecule has 0 aliphatic carbocycles. The lowest BCUT2D eigenvalue weighted by Gasteiger charge is -2.14. The van der Waals surface area contributed by atoms with Crippen LogP contribution in [0.4, 0.5) is 0 Å². The van der Waals surface area contributed by atoms with Crippen molar-refractivity contribution in [3.63, 3.8) is 0 Å². The van der Waals surface area contributed by atoms with Crippen molar-refractivity contribution >= 4 is 46.8 Å². The number of hydrogen-bond acceptors (Lipinski definition) is 3. The maximum Gasteiger partial charge on any atom is 0.253 e. The molecule has 132 valence electrons. The molecule has 25 heavy (non-hydrogen) atoms. The quantitative estimate of drug-likeness (QED) is 0.548. The van der Waals surface area contributed by atoms with Gasteiger partial charge in [-0.3, -0.25) is 9.59 Å². The lowest BCUT2D eigenvalue weighted by molar-refractivity contribution is -0.122. The van der Waals surface area contributed by atoms with Crippen molar-refractivity contribution < 1.29 is 9.59 Å². The van der Waals surface area contributed by atoms with Gasteiger partial charge in [0.25, 0.3) is 5.91 Å². The highest BCUT2D eigenvalue weighted by Crippen LogP contribution is 2.19. The lowest BCUT2D eigenvalue weighted by atomic mass is 10.2. The van der Waals surface area contributed by atoms with Gasteiger partial charge in [0.05, 0.1) is 10.6 Å². The van der Waals surface area contributed by atoms with Crippen LogP contribution in [0.5, 0.6) is 0 Å². The monoisotopic (exact) mass is 396 g/mol. The summed E-state index contributed by atoms with van der Waals surface area (Å²) in [7, 11) is 0. The third-order valence-corrected chi connectivity index (χ3v) is 4.94. The van der Waals surface area contributed by atoms with Crippen molar-refractivity contribution in [3.8, 4) is 0 Å². The van der Waals surface area contributed by atoms with Gasteiger partial charge in [-0.15, -0.1) is 11.8 Å². The average Bonchev–Trinajstić information content (AvgIpc) is 2.60. The molecule has 1 atom stereocenters. The highest BCUT2D eigenvalue weighted by molar-refractivity contribution is 7.99. The zero-order chi connectivity index (χ0) is 18.2. The molecule has 2 N–H and O–H groups in total. The molecule has 0 bridgehead atoms. The summed E-state index contributed by atoms with van der Waals surface area (Å²) in [6.07, 6.45) is 0. The standard InChI is InChI=1S/C18H18Cl2N2O2S/c1-12(22-18(24)15-4-2-3-5-16(15)20)17(23)21-10-11-25-14-8-6-13(19)7-9-14/h2-9,12H,10-11H2,1H3,(H,21,23)(H,22,24)/t12-/m0/s1. The predicted molar refractivity (Wildman–Crippen MR) is 104 cm³/mol. The van der Waals surface area contributed by atoms with Crippen molar-refractivity contribution in [3.05, 3.63) is 64.1 Å².